The minimum atomic E-state index is -3.81. The number of anilines is 1. The minimum Gasteiger partial charge on any atom is -0.378 e. The van der Waals surface area contributed by atoms with Gasteiger partial charge in [-0.1, -0.05) is 30.3 Å². The number of aryl methyl sites for hydroxylation is 2. The van der Waals surface area contributed by atoms with Gasteiger partial charge in [0.25, 0.3) is 10.0 Å². The van der Waals surface area contributed by atoms with Crippen molar-refractivity contribution < 1.29 is 17.7 Å². The van der Waals surface area contributed by atoms with E-state index in [-0.39, 0.29) is 10.7 Å². The van der Waals surface area contributed by atoms with Crippen molar-refractivity contribution in [3.05, 3.63) is 47.5 Å². The van der Waals surface area contributed by atoms with Crippen LogP contribution in [0.5, 0.6) is 0 Å². The molecule has 146 valence electrons. The van der Waals surface area contributed by atoms with Crippen LogP contribution in [-0.2, 0) is 21.2 Å². The average Bonchev–Trinajstić information content (AvgIpc) is 3.07. The molecule has 0 bridgehead atoms. The van der Waals surface area contributed by atoms with Gasteiger partial charge >= 0.3 is 0 Å². The van der Waals surface area contributed by atoms with Crippen LogP contribution in [0.3, 0.4) is 0 Å². The van der Waals surface area contributed by atoms with E-state index in [4.69, 9.17) is 9.26 Å². The number of para-hydroxylation sites is 1. The van der Waals surface area contributed by atoms with E-state index in [0.29, 0.717) is 24.6 Å². The molecule has 0 saturated carbocycles. The summed E-state index contributed by atoms with van der Waals surface area (Å²) in [6, 6.07) is 7.48. The van der Waals surface area contributed by atoms with E-state index >= 15 is 0 Å². The first-order valence-electron chi connectivity index (χ1n) is 8.98. The number of rotatable bonds is 6. The van der Waals surface area contributed by atoms with Crippen LogP contribution in [-0.4, -0.2) is 51.8 Å². The highest BCUT2D eigenvalue weighted by Crippen LogP contribution is 2.30. The van der Waals surface area contributed by atoms with Crippen LogP contribution in [0.15, 0.2) is 39.9 Å². The third-order valence-electron chi connectivity index (χ3n) is 4.65. The molecule has 0 aliphatic carbocycles. The molecular weight excluding hydrogens is 366 g/mol. The topological polar surface area (TPSA) is 75.9 Å². The van der Waals surface area contributed by atoms with Crippen LogP contribution in [0.25, 0.3) is 6.08 Å². The number of hydrogen-bond donors (Lipinski definition) is 0. The van der Waals surface area contributed by atoms with Crippen molar-refractivity contribution in [3.63, 3.8) is 0 Å². The maximum Gasteiger partial charge on any atom is 0.269 e. The van der Waals surface area contributed by atoms with Crippen LogP contribution < -0.4 is 4.31 Å². The lowest BCUT2D eigenvalue weighted by Gasteiger charge is -2.25. The molecule has 7 nitrogen and oxygen atoms in total. The summed E-state index contributed by atoms with van der Waals surface area (Å²) in [7, 11) is -2.25. The Morgan fingerprint density at radius 1 is 1.26 bits per heavy atom. The third-order valence-corrected chi connectivity index (χ3v) is 6.58. The van der Waals surface area contributed by atoms with Gasteiger partial charge in [0, 0.05) is 32.4 Å². The number of benzene rings is 1. The first-order valence-corrected chi connectivity index (χ1v) is 10.4. The van der Waals surface area contributed by atoms with Gasteiger partial charge in [0.1, 0.15) is 5.69 Å². The molecule has 3 rings (SSSR count). The van der Waals surface area contributed by atoms with Gasteiger partial charge in [-0.05, 0) is 25.0 Å². The zero-order valence-electron chi connectivity index (χ0n) is 15.9. The van der Waals surface area contributed by atoms with E-state index in [0.717, 1.165) is 25.1 Å². The largest absolute Gasteiger partial charge is 0.378 e. The first-order chi connectivity index (χ1) is 12.9. The summed E-state index contributed by atoms with van der Waals surface area (Å²) in [5, 5.41) is 3.89. The highest BCUT2D eigenvalue weighted by molar-refractivity contribution is 7.93. The van der Waals surface area contributed by atoms with Crippen molar-refractivity contribution in [2.45, 2.75) is 25.2 Å². The molecule has 8 heteroatoms. The summed E-state index contributed by atoms with van der Waals surface area (Å²) in [4.78, 5) is 2.16. The van der Waals surface area contributed by atoms with Crippen molar-refractivity contribution >= 4 is 21.8 Å². The zero-order valence-corrected chi connectivity index (χ0v) is 16.7. The fourth-order valence-corrected chi connectivity index (χ4v) is 4.56. The molecule has 27 heavy (non-hydrogen) atoms. The summed E-state index contributed by atoms with van der Waals surface area (Å²) < 4.78 is 38.6. The Morgan fingerprint density at radius 2 is 1.96 bits per heavy atom. The van der Waals surface area contributed by atoms with Crippen LogP contribution in [0.2, 0.25) is 0 Å². The van der Waals surface area contributed by atoms with Crippen molar-refractivity contribution in [1.29, 1.82) is 0 Å². The SMILES string of the molecule is CCc1ccccc1N(C)S(=O)(=O)c1c(C)noc1/C=C/N1CCOCC1. The summed E-state index contributed by atoms with van der Waals surface area (Å²) in [6.45, 7) is 6.47. The number of hydrogen-bond acceptors (Lipinski definition) is 6. The Balaban J connectivity index is 1.95. The second kappa shape index (κ2) is 8.14. The summed E-state index contributed by atoms with van der Waals surface area (Å²) in [5.74, 6) is 0.236. The van der Waals surface area contributed by atoms with Crippen molar-refractivity contribution in [2.75, 3.05) is 37.7 Å². The van der Waals surface area contributed by atoms with E-state index in [1.165, 1.54) is 4.31 Å². The molecule has 1 aromatic heterocycles. The van der Waals surface area contributed by atoms with Gasteiger partial charge in [-0.25, -0.2) is 8.42 Å². The highest BCUT2D eigenvalue weighted by atomic mass is 32.2. The first kappa shape index (κ1) is 19.4. The molecule has 1 fully saturated rings. The lowest BCUT2D eigenvalue weighted by atomic mass is 10.1. The Hall–Kier alpha value is -2.32. The molecule has 2 aromatic rings. The molecule has 0 radical (unpaired) electrons. The Bertz CT molecular complexity index is 915. The third kappa shape index (κ3) is 4.01. The number of ether oxygens (including phenoxy) is 1. The van der Waals surface area contributed by atoms with Gasteiger partial charge in [0.2, 0.25) is 0 Å². The standard InChI is InChI=1S/C19H25N3O4S/c1-4-16-7-5-6-8-17(16)21(3)27(23,24)19-15(2)20-26-18(19)9-10-22-11-13-25-14-12-22/h5-10H,4,11-14H2,1-3H3/b10-9+. The van der Waals surface area contributed by atoms with Gasteiger partial charge in [-0.2, -0.15) is 0 Å². The monoisotopic (exact) mass is 391 g/mol. The maximum atomic E-state index is 13.3. The van der Waals surface area contributed by atoms with Gasteiger partial charge in [-0.15, -0.1) is 0 Å². The van der Waals surface area contributed by atoms with Crippen LogP contribution >= 0.6 is 0 Å². The summed E-state index contributed by atoms with van der Waals surface area (Å²) in [5.41, 5.74) is 1.96. The minimum absolute atomic E-state index is 0.0976. The van der Waals surface area contributed by atoms with E-state index in [9.17, 15) is 8.42 Å². The maximum absolute atomic E-state index is 13.3. The van der Waals surface area contributed by atoms with E-state index in [1.54, 1.807) is 20.0 Å². The Labute approximate surface area is 160 Å². The van der Waals surface area contributed by atoms with E-state index < -0.39 is 10.0 Å². The predicted molar refractivity (Wildman–Crippen MR) is 104 cm³/mol. The number of aromatic nitrogens is 1. The molecular formula is C19H25N3O4S. The lowest BCUT2D eigenvalue weighted by molar-refractivity contribution is 0.0597. The Kier molecular flexibility index (Phi) is 5.86. The number of nitrogens with zero attached hydrogens (tertiary/aromatic N) is 3. The van der Waals surface area contributed by atoms with Gasteiger partial charge in [0.05, 0.1) is 18.9 Å². The van der Waals surface area contributed by atoms with E-state index in [2.05, 4.69) is 10.1 Å². The fourth-order valence-electron chi connectivity index (χ4n) is 3.08. The van der Waals surface area contributed by atoms with Gasteiger partial charge in [0.15, 0.2) is 10.7 Å². The molecule has 1 aromatic carbocycles. The second-order valence-electron chi connectivity index (χ2n) is 6.38. The van der Waals surface area contributed by atoms with Crippen molar-refractivity contribution in [3.8, 4) is 0 Å². The number of morpholine rings is 1. The molecule has 0 unspecified atom stereocenters. The summed E-state index contributed by atoms with van der Waals surface area (Å²) >= 11 is 0. The molecule has 2 heterocycles. The molecule has 0 atom stereocenters. The molecule has 1 saturated heterocycles. The van der Waals surface area contributed by atoms with Crippen molar-refractivity contribution in [2.24, 2.45) is 0 Å². The van der Waals surface area contributed by atoms with Gasteiger partial charge in [-0.3, -0.25) is 4.31 Å². The van der Waals surface area contributed by atoms with Crippen molar-refractivity contribution in [1.82, 2.24) is 10.1 Å². The molecule has 0 N–H and O–H groups in total. The lowest BCUT2D eigenvalue weighted by Crippen LogP contribution is -2.32. The fraction of sp³-hybridized carbons (Fsp3) is 0.421. The molecule has 1 aliphatic heterocycles. The smallest absolute Gasteiger partial charge is 0.269 e. The molecule has 0 amide bonds. The van der Waals surface area contributed by atoms with Gasteiger partial charge < -0.3 is 14.2 Å². The highest BCUT2D eigenvalue weighted by Gasteiger charge is 2.30. The Morgan fingerprint density at radius 3 is 2.67 bits per heavy atom. The predicted octanol–water partition coefficient (Wildman–Crippen LogP) is 2.67. The average molecular weight is 391 g/mol. The van der Waals surface area contributed by atoms with Crippen LogP contribution in [0, 0.1) is 6.92 Å². The zero-order chi connectivity index (χ0) is 19.4. The molecule has 0 spiro atoms. The van der Waals surface area contributed by atoms with Crippen LogP contribution in [0.1, 0.15) is 23.9 Å². The summed E-state index contributed by atoms with van der Waals surface area (Å²) in [6.07, 6.45) is 4.24. The number of sulfonamides is 1. The normalized spacial score (nSPS) is 15.4. The van der Waals surface area contributed by atoms with Crippen LogP contribution in [0.4, 0.5) is 5.69 Å². The molecule has 1 aliphatic rings. The van der Waals surface area contributed by atoms with E-state index in [1.807, 2.05) is 37.4 Å². The second-order valence-corrected chi connectivity index (χ2v) is 8.29. The quantitative estimate of drug-likeness (QED) is 0.754.